The first-order valence-corrected chi connectivity index (χ1v) is 9.39. The molecule has 108 valence electrons. The number of benzene rings is 1. The second-order valence-electron chi connectivity index (χ2n) is 4.60. The topological polar surface area (TPSA) is 38.7 Å². The van der Waals surface area contributed by atoms with Crippen molar-refractivity contribution in [2.24, 2.45) is 0 Å². The Labute approximate surface area is 140 Å². The van der Waals surface area contributed by atoms with E-state index in [-0.39, 0.29) is 0 Å². The van der Waals surface area contributed by atoms with E-state index >= 15 is 0 Å². The van der Waals surface area contributed by atoms with Crippen molar-refractivity contribution in [3.8, 4) is 10.6 Å². The van der Waals surface area contributed by atoms with Gasteiger partial charge in [0, 0.05) is 27.8 Å². The van der Waals surface area contributed by atoms with Crippen molar-refractivity contribution < 1.29 is 0 Å². The molecule has 0 unspecified atom stereocenters. The van der Waals surface area contributed by atoms with Crippen LogP contribution in [0.5, 0.6) is 0 Å². The summed E-state index contributed by atoms with van der Waals surface area (Å²) >= 11 is 5.13. The molecule has 0 aliphatic carbocycles. The van der Waals surface area contributed by atoms with Crippen LogP contribution in [-0.4, -0.2) is 15.0 Å². The average Bonchev–Trinajstić information content (AvgIpc) is 3.23. The minimum absolute atomic E-state index is 0.881. The molecule has 6 heteroatoms. The van der Waals surface area contributed by atoms with Gasteiger partial charge in [0.15, 0.2) is 0 Å². The molecule has 0 N–H and O–H groups in total. The SMILES string of the molecule is c1ccc(-c2ncc(CSc3ncnc4sccc34)s2)cc1. The molecule has 0 aliphatic rings. The predicted molar refractivity (Wildman–Crippen MR) is 94.5 cm³/mol. The summed E-state index contributed by atoms with van der Waals surface area (Å²) in [5.41, 5.74) is 1.17. The second kappa shape index (κ2) is 6.16. The number of hydrogen-bond donors (Lipinski definition) is 0. The summed E-state index contributed by atoms with van der Waals surface area (Å²) in [7, 11) is 0. The molecule has 0 aliphatic heterocycles. The number of thioether (sulfide) groups is 1. The van der Waals surface area contributed by atoms with E-state index in [2.05, 4.69) is 38.5 Å². The molecular formula is C16H11N3S3. The Bertz CT molecular complexity index is 899. The van der Waals surface area contributed by atoms with Crippen LogP contribution in [0.3, 0.4) is 0 Å². The van der Waals surface area contributed by atoms with Gasteiger partial charge in [0.05, 0.1) is 0 Å². The maximum atomic E-state index is 4.53. The molecule has 0 radical (unpaired) electrons. The van der Waals surface area contributed by atoms with Crippen LogP contribution < -0.4 is 0 Å². The summed E-state index contributed by atoms with van der Waals surface area (Å²) in [5.74, 6) is 0.881. The van der Waals surface area contributed by atoms with Gasteiger partial charge in [-0.1, -0.05) is 42.1 Å². The van der Waals surface area contributed by atoms with Gasteiger partial charge in [-0.05, 0) is 11.4 Å². The first-order chi connectivity index (χ1) is 10.9. The molecular weight excluding hydrogens is 330 g/mol. The van der Waals surface area contributed by atoms with E-state index in [4.69, 9.17) is 0 Å². The van der Waals surface area contributed by atoms with E-state index < -0.39 is 0 Å². The molecule has 4 rings (SSSR count). The number of nitrogens with zero attached hydrogens (tertiary/aromatic N) is 3. The minimum atomic E-state index is 0.881. The van der Waals surface area contributed by atoms with Gasteiger partial charge >= 0.3 is 0 Å². The van der Waals surface area contributed by atoms with E-state index in [0.717, 1.165) is 26.0 Å². The molecule has 0 fully saturated rings. The van der Waals surface area contributed by atoms with Crippen LogP contribution in [0.15, 0.2) is 59.3 Å². The smallest absolute Gasteiger partial charge is 0.127 e. The highest BCUT2D eigenvalue weighted by Crippen LogP contribution is 2.32. The zero-order valence-electron chi connectivity index (χ0n) is 11.5. The van der Waals surface area contributed by atoms with Crippen LogP contribution in [0.1, 0.15) is 4.88 Å². The quantitative estimate of drug-likeness (QED) is 0.382. The van der Waals surface area contributed by atoms with Crippen molar-refractivity contribution in [1.29, 1.82) is 0 Å². The summed E-state index contributed by atoms with van der Waals surface area (Å²) in [5, 5.41) is 5.31. The Morgan fingerprint density at radius 3 is 2.82 bits per heavy atom. The molecule has 3 heterocycles. The second-order valence-corrected chi connectivity index (χ2v) is 7.58. The van der Waals surface area contributed by atoms with Gasteiger partial charge in [-0.15, -0.1) is 22.7 Å². The van der Waals surface area contributed by atoms with Crippen LogP contribution >= 0.6 is 34.4 Å². The highest BCUT2D eigenvalue weighted by molar-refractivity contribution is 7.98. The lowest BCUT2D eigenvalue weighted by molar-refractivity contribution is 1.11. The monoisotopic (exact) mass is 341 g/mol. The zero-order valence-corrected chi connectivity index (χ0v) is 13.9. The van der Waals surface area contributed by atoms with Crippen LogP contribution in [0.2, 0.25) is 0 Å². The number of fused-ring (bicyclic) bond motifs is 1. The summed E-state index contributed by atoms with van der Waals surface area (Å²) in [6, 6.07) is 12.4. The lowest BCUT2D eigenvalue weighted by Gasteiger charge is -1.99. The number of thiazole rings is 1. The van der Waals surface area contributed by atoms with Gasteiger partial charge in [-0.25, -0.2) is 15.0 Å². The third-order valence-corrected chi connectivity index (χ3v) is 6.25. The van der Waals surface area contributed by atoms with Crippen LogP contribution in [0.4, 0.5) is 0 Å². The van der Waals surface area contributed by atoms with E-state index in [9.17, 15) is 0 Å². The van der Waals surface area contributed by atoms with Crippen molar-refractivity contribution in [2.45, 2.75) is 10.8 Å². The Hall–Kier alpha value is -1.76. The molecule has 3 nitrogen and oxygen atoms in total. The van der Waals surface area contributed by atoms with Crippen molar-refractivity contribution in [2.75, 3.05) is 0 Å². The number of rotatable bonds is 4. The van der Waals surface area contributed by atoms with Gasteiger partial charge < -0.3 is 0 Å². The summed E-state index contributed by atoms with van der Waals surface area (Å²) in [4.78, 5) is 15.5. The lowest BCUT2D eigenvalue weighted by atomic mass is 10.2. The molecule has 0 amide bonds. The van der Waals surface area contributed by atoms with E-state index in [1.54, 1.807) is 40.8 Å². The Morgan fingerprint density at radius 1 is 1.00 bits per heavy atom. The highest BCUT2D eigenvalue weighted by Gasteiger charge is 2.08. The van der Waals surface area contributed by atoms with E-state index in [1.807, 2.05) is 24.4 Å². The number of aromatic nitrogens is 3. The van der Waals surface area contributed by atoms with Gasteiger partial charge in [0.1, 0.15) is 21.2 Å². The van der Waals surface area contributed by atoms with Crippen LogP contribution in [-0.2, 0) is 5.75 Å². The van der Waals surface area contributed by atoms with E-state index in [1.165, 1.54) is 10.4 Å². The molecule has 0 bridgehead atoms. The molecule has 0 spiro atoms. The normalized spacial score (nSPS) is 11.1. The van der Waals surface area contributed by atoms with Gasteiger partial charge in [-0.3, -0.25) is 0 Å². The van der Waals surface area contributed by atoms with E-state index in [0.29, 0.717) is 0 Å². The predicted octanol–water partition coefficient (Wildman–Crippen LogP) is 5.11. The van der Waals surface area contributed by atoms with Crippen molar-refractivity contribution >= 4 is 44.7 Å². The standard InChI is InChI=1S/C16H11N3S3/c1-2-4-11(5-3-1)14-17-8-12(22-14)9-21-16-13-6-7-20-15(13)18-10-19-16/h1-8,10H,9H2. The Kier molecular flexibility index (Phi) is 3.88. The third kappa shape index (κ3) is 2.77. The van der Waals surface area contributed by atoms with Gasteiger partial charge in [0.2, 0.25) is 0 Å². The molecule has 0 atom stereocenters. The summed E-state index contributed by atoms with van der Waals surface area (Å²) in [6.45, 7) is 0. The largest absolute Gasteiger partial charge is 0.244 e. The molecule has 1 aromatic carbocycles. The van der Waals surface area contributed by atoms with Crippen molar-refractivity contribution in [1.82, 2.24) is 15.0 Å². The minimum Gasteiger partial charge on any atom is -0.244 e. The third-order valence-electron chi connectivity index (χ3n) is 3.15. The highest BCUT2D eigenvalue weighted by atomic mass is 32.2. The van der Waals surface area contributed by atoms with Crippen LogP contribution in [0, 0.1) is 0 Å². The molecule has 0 saturated carbocycles. The molecule has 4 aromatic rings. The fraction of sp³-hybridized carbons (Fsp3) is 0.0625. The summed E-state index contributed by atoms with van der Waals surface area (Å²) < 4.78 is 0. The molecule has 22 heavy (non-hydrogen) atoms. The number of hydrogen-bond acceptors (Lipinski definition) is 6. The summed E-state index contributed by atoms with van der Waals surface area (Å²) in [6.07, 6.45) is 3.61. The van der Waals surface area contributed by atoms with Crippen molar-refractivity contribution in [3.63, 3.8) is 0 Å². The Balaban J connectivity index is 1.53. The fourth-order valence-electron chi connectivity index (χ4n) is 2.11. The van der Waals surface area contributed by atoms with Gasteiger partial charge in [-0.2, -0.15) is 0 Å². The average molecular weight is 341 g/mol. The molecule has 0 saturated heterocycles. The van der Waals surface area contributed by atoms with Crippen LogP contribution in [0.25, 0.3) is 20.8 Å². The zero-order chi connectivity index (χ0) is 14.8. The van der Waals surface area contributed by atoms with Crippen molar-refractivity contribution in [3.05, 3.63) is 59.2 Å². The Morgan fingerprint density at radius 2 is 1.91 bits per heavy atom. The lowest BCUT2D eigenvalue weighted by Crippen LogP contribution is -1.83. The maximum absolute atomic E-state index is 4.53. The molecule has 3 aromatic heterocycles. The maximum Gasteiger partial charge on any atom is 0.127 e. The van der Waals surface area contributed by atoms with Gasteiger partial charge in [0.25, 0.3) is 0 Å². The number of thiophene rings is 1. The first-order valence-electron chi connectivity index (χ1n) is 6.71. The fourth-order valence-corrected chi connectivity index (χ4v) is 4.83. The first kappa shape index (κ1) is 13.9.